The van der Waals surface area contributed by atoms with Crippen molar-refractivity contribution in [3.8, 4) is 0 Å². The molecule has 1 saturated heterocycles. The molecule has 1 N–H and O–H groups in total. The molecule has 6 heteroatoms. The van der Waals surface area contributed by atoms with Gasteiger partial charge in [-0.1, -0.05) is 45.0 Å². The molecule has 0 spiro atoms. The second-order valence-electron chi connectivity index (χ2n) is 8.87. The van der Waals surface area contributed by atoms with Crippen LogP contribution in [0.5, 0.6) is 0 Å². The summed E-state index contributed by atoms with van der Waals surface area (Å²) >= 11 is 0. The quantitative estimate of drug-likeness (QED) is 0.805. The first-order valence-corrected chi connectivity index (χ1v) is 10.2. The van der Waals surface area contributed by atoms with E-state index < -0.39 is 11.8 Å². The molecule has 3 rings (SSSR count). The first-order chi connectivity index (χ1) is 13.2. The van der Waals surface area contributed by atoms with Gasteiger partial charge in [-0.25, -0.2) is 0 Å². The van der Waals surface area contributed by atoms with Crippen molar-refractivity contribution in [3.63, 3.8) is 0 Å². The maximum atomic E-state index is 12.5. The minimum absolute atomic E-state index is 0.106. The minimum Gasteiger partial charge on any atom is -0.345 e. The number of nitrogens with zero attached hydrogens (tertiary/aromatic N) is 2. The van der Waals surface area contributed by atoms with Crippen LogP contribution < -0.4 is 5.32 Å². The monoisotopic (exact) mass is 385 g/mol. The Labute approximate surface area is 167 Å². The van der Waals surface area contributed by atoms with E-state index in [1.807, 2.05) is 0 Å². The van der Waals surface area contributed by atoms with Crippen molar-refractivity contribution in [2.75, 3.05) is 26.2 Å². The Morgan fingerprint density at radius 2 is 1.54 bits per heavy atom. The molecule has 1 aliphatic carbocycles. The van der Waals surface area contributed by atoms with Gasteiger partial charge in [-0.3, -0.25) is 14.4 Å². The van der Waals surface area contributed by atoms with Crippen LogP contribution >= 0.6 is 0 Å². The molecule has 6 nitrogen and oxygen atoms in total. The van der Waals surface area contributed by atoms with Gasteiger partial charge in [0.15, 0.2) is 0 Å². The SMILES string of the molecule is CC(C)(C)c1ccc(CCC(=O)N2CCN(C(=O)C(=O)NC3CC3)CC2)cc1. The van der Waals surface area contributed by atoms with Crippen molar-refractivity contribution in [2.24, 2.45) is 0 Å². The Hall–Kier alpha value is -2.37. The Bertz CT molecular complexity index is 724. The molecule has 0 atom stereocenters. The summed E-state index contributed by atoms with van der Waals surface area (Å²) in [5.74, 6) is -0.881. The van der Waals surface area contributed by atoms with Crippen molar-refractivity contribution in [1.82, 2.24) is 15.1 Å². The van der Waals surface area contributed by atoms with E-state index in [0.29, 0.717) is 39.0 Å². The van der Waals surface area contributed by atoms with Gasteiger partial charge in [0.05, 0.1) is 0 Å². The summed E-state index contributed by atoms with van der Waals surface area (Å²) in [4.78, 5) is 39.9. The number of aryl methyl sites for hydroxylation is 1. The summed E-state index contributed by atoms with van der Waals surface area (Å²) in [5.41, 5.74) is 2.57. The van der Waals surface area contributed by atoms with Crippen molar-refractivity contribution in [2.45, 2.75) is 57.9 Å². The molecule has 2 aliphatic rings. The van der Waals surface area contributed by atoms with Gasteiger partial charge in [0.2, 0.25) is 5.91 Å². The highest BCUT2D eigenvalue weighted by Gasteiger charge is 2.31. The first-order valence-electron chi connectivity index (χ1n) is 10.2. The first kappa shape index (κ1) is 20.4. The van der Waals surface area contributed by atoms with Crippen LogP contribution in [0.2, 0.25) is 0 Å². The molecule has 2 fully saturated rings. The summed E-state index contributed by atoms with van der Waals surface area (Å²) in [5, 5.41) is 2.73. The number of hydrogen-bond donors (Lipinski definition) is 1. The lowest BCUT2D eigenvalue weighted by molar-refractivity contribution is -0.148. The topological polar surface area (TPSA) is 69.7 Å². The summed E-state index contributed by atoms with van der Waals surface area (Å²) in [6.07, 6.45) is 3.09. The molecule has 28 heavy (non-hydrogen) atoms. The standard InChI is InChI=1S/C22H31N3O3/c1-22(2,3)17-7-4-16(5-8-17)6-11-19(26)24-12-14-25(15-13-24)21(28)20(27)23-18-9-10-18/h4-5,7-8,18H,6,9-15H2,1-3H3,(H,23,27). The molecule has 0 radical (unpaired) electrons. The van der Waals surface area contributed by atoms with E-state index in [4.69, 9.17) is 0 Å². The predicted molar refractivity (Wildman–Crippen MR) is 108 cm³/mol. The average Bonchev–Trinajstić information content (AvgIpc) is 3.49. The molecule has 1 aliphatic heterocycles. The largest absolute Gasteiger partial charge is 0.345 e. The Kier molecular flexibility index (Phi) is 6.06. The fourth-order valence-corrected chi connectivity index (χ4v) is 3.36. The molecule has 0 bridgehead atoms. The molecule has 1 aromatic rings. The molecule has 1 saturated carbocycles. The molecule has 0 aromatic heterocycles. The van der Waals surface area contributed by atoms with E-state index in [-0.39, 0.29) is 17.4 Å². The zero-order chi connectivity index (χ0) is 20.3. The van der Waals surface area contributed by atoms with Gasteiger partial charge in [0, 0.05) is 38.6 Å². The highest BCUT2D eigenvalue weighted by atomic mass is 16.2. The maximum Gasteiger partial charge on any atom is 0.312 e. The van der Waals surface area contributed by atoms with Crippen LogP contribution in [0, 0.1) is 0 Å². The second-order valence-corrected chi connectivity index (χ2v) is 8.87. The summed E-state index contributed by atoms with van der Waals surface area (Å²) in [6, 6.07) is 8.65. The Balaban J connectivity index is 1.42. The molecular weight excluding hydrogens is 354 g/mol. The van der Waals surface area contributed by atoms with Crippen LogP contribution in [-0.4, -0.2) is 59.7 Å². The van der Waals surface area contributed by atoms with Crippen LogP contribution in [0.25, 0.3) is 0 Å². The second kappa shape index (κ2) is 8.33. The average molecular weight is 386 g/mol. The van der Waals surface area contributed by atoms with Crippen molar-refractivity contribution >= 4 is 17.7 Å². The molecular formula is C22H31N3O3. The van der Waals surface area contributed by atoms with Crippen LogP contribution in [0.15, 0.2) is 24.3 Å². The summed E-state index contributed by atoms with van der Waals surface area (Å²) in [7, 11) is 0. The normalized spacial score (nSPS) is 17.4. The highest BCUT2D eigenvalue weighted by Crippen LogP contribution is 2.22. The van der Waals surface area contributed by atoms with Crippen LogP contribution in [-0.2, 0) is 26.2 Å². The van der Waals surface area contributed by atoms with Gasteiger partial charge in [-0.2, -0.15) is 0 Å². The van der Waals surface area contributed by atoms with Gasteiger partial charge in [-0.15, -0.1) is 0 Å². The number of benzene rings is 1. The minimum atomic E-state index is -0.513. The van der Waals surface area contributed by atoms with Crippen LogP contribution in [0.1, 0.15) is 51.2 Å². The lowest BCUT2D eigenvalue weighted by Crippen LogP contribution is -2.54. The van der Waals surface area contributed by atoms with E-state index in [9.17, 15) is 14.4 Å². The third kappa shape index (κ3) is 5.33. The summed E-state index contributed by atoms with van der Waals surface area (Å²) < 4.78 is 0. The van der Waals surface area contributed by atoms with Crippen molar-refractivity contribution in [1.29, 1.82) is 0 Å². The number of piperazine rings is 1. The van der Waals surface area contributed by atoms with E-state index in [0.717, 1.165) is 18.4 Å². The Morgan fingerprint density at radius 3 is 2.07 bits per heavy atom. The number of nitrogens with one attached hydrogen (secondary N) is 1. The van der Waals surface area contributed by atoms with Gasteiger partial charge in [-0.05, 0) is 35.8 Å². The van der Waals surface area contributed by atoms with Gasteiger partial charge in [0.1, 0.15) is 0 Å². The number of carbonyl (C=O) groups is 3. The van der Waals surface area contributed by atoms with Gasteiger partial charge < -0.3 is 15.1 Å². The van der Waals surface area contributed by atoms with Crippen molar-refractivity contribution < 1.29 is 14.4 Å². The van der Waals surface area contributed by atoms with Gasteiger partial charge >= 0.3 is 11.8 Å². The van der Waals surface area contributed by atoms with Gasteiger partial charge in [0.25, 0.3) is 0 Å². The number of amides is 3. The predicted octanol–water partition coefficient (Wildman–Crippen LogP) is 1.87. The fraction of sp³-hybridized carbons (Fsp3) is 0.591. The number of carbonyl (C=O) groups excluding carboxylic acids is 3. The zero-order valence-corrected chi connectivity index (χ0v) is 17.2. The third-order valence-corrected chi connectivity index (χ3v) is 5.47. The molecule has 1 aromatic carbocycles. The van der Waals surface area contributed by atoms with Crippen LogP contribution in [0.3, 0.4) is 0 Å². The highest BCUT2D eigenvalue weighted by molar-refractivity contribution is 6.35. The fourth-order valence-electron chi connectivity index (χ4n) is 3.36. The zero-order valence-electron chi connectivity index (χ0n) is 17.2. The maximum absolute atomic E-state index is 12.5. The lowest BCUT2D eigenvalue weighted by atomic mass is 9.86. The Morgan fingerprint density at radius 1 is 0.964 bits per heavy atom. The van der Waals surface area contributed by atoms with E-state index in [2.05, 4.69) is 50.4 Å². The van der Waals surface area contributed by atoms with E-state index in [1.165, 1.54) is 5.56 Å². The smallest absolute Gasteiger partial charge is 0.312 e. The van der Waals surface area contributed by atoms with E-state index >= 15 is 0 Å². The van der Waals surface area contributed by atoms with Crippen LogP contribution in [0.4, 0.5) is 0 Å². The third-order valence-electron chi connectivity index (χ3n) is 5.47. The molecule has 1 heterocycles. The van der Waals surface area contributed by atoms with Crippen molar-refractivity contribution in [3.05, 3.63) is 35.4 Å². The summed E-state index contributed by atoms with van der Waals surface area (Å²) in [6.45, 7) is 8.38. The molecule has 0 unspecified atom stereocenters. The van der Waals surface area contributed by atoms with E-state index in [1.54, 1.807) is 9.80 Å². The molecule has 152 valence electrons. The lowest BCUT2D eigenvalue weighted by Gasteiger charge is -2.34. The number of rotatable bonds is 4. The number of hydrogen-bond acceptors (Lipinski definition) is 3. The molecule has 3 amide bonds.